The summed E-state index contributed by atoms with van der Waals surface area (Å²) in [5.41, 5.74) is 5.15. The monoisotopic (exact) mass is 239 g/mol. The molecule has 2 N–H and O–H groups in total. The number of ether oxygens (including phenoxy) is 1. The molecule has 0 aromatic heterocycles. The van der Waals surface area contributed by atoms with Gasteiger partial charge < -0.3 is 10.5 Å². The van der Waals surface area contributed by atoms with Crippen LogP contribution in [0.3, 0.4) is 0 Å². The third kappa shape index (κ3) is 4.70. The summed E-state index contributed by atoms with van der Waals surface area (Å²) in [4.78, 5) is 0. The van der Waals surface area contributed by atoms with Crippen LogP contribution in [0.25, 0.3) is 0 Å². The van der Waals surface area contributed by atoms with E-state index in [1.165, 1.54) is 0 Å². The van der Waals surface area contributed by atoms with Gasteiger partial charge in [0.1, 0.15) is 0 Å². The molecule has 1 saturated carbocycles. The molecule has 5 heteroatoms. The quantitative estimate of drug-likeness (QED) is 0.765. The van der Waals surface area contributed by atoms with Crippen LogP contribution in [0.4, 0.5) is 13.2 Å². The fourth-order valence-electron chi connectivity index (χ4n) is 2.16. The number of alkyl halides is 3. The molecule has 1 aliphatic carbocycles. The Labute approximate surface area is 94.3 Å². The van der Waals surface area contributed by atoms with Crippen LogP contribution in [-0.2, 0) is 4.74 Å². The summed E-state index contributed by atoms with van der Waals surface area (Å²) in [6.45, 7) is 0.0611. The lowest BCUT2D eigenvalue weighted by atomic mass is 9.94. The van der Waals surface area contributed by atoms with Gasteiger partial charge in [0.25, 0.3) is 0 Å². The molecule has 0 amide bonds. The Bertz CT molecular complexity index is 198. The SMILES string of the molecule is NCC1(OCCC(F)(F)F)CCCCCC1. The zero-order chi connectivity index (χ0) is 12.1. The molecule has 1 fully saturated rings. The van der Waals surface area contributed by atoms with E-state index in [2.05, 4.69) is 0 Å². The maximum Gasteiger partial charge on any atom is 0.391 e. The molecule has 0 aromatic carbocycles. The third-order valence-corrected chi connectivity index (χ3v) is 3.18. The van der Waals surface area contributed by atoms with E-state index in [0.29, 0.717) is 6.54 Å². The van der Waals surface area contributed by atoms with Gasteiger partial charge >= 0.3 is 6.18 Å². The Morgan fingerprint density at radius 1 is 1.06 bits per heavy atom. The first-order valence-corrected chi connectivity index (χ1v) is 5.88. The van der Waals surface area contributed by atoms with Crippen LogP contribution in [0.1, 0.15) is 44.9 Å². The van der Waals surface area contributed by atoms with E-state index in [1.807, 2.05) is 0 Å². The van der Waals surface area contributed by atoms with Gasteiger partial charge in [-0.25, -0.2) is 0 Å². The molecule has 16 heavy (non-hydrogen) atoms. The molecule has 0 aromatic rings. The zero-order valence-electron chi connectivity index (χ0n) is 9.48. The smallest absolute Gasteiger partial charge is 0.373 e. The molecule has 0 saturated heterocycles. The Balaban J connectivity index is 2.39. The Kier molecular flexibility index (Phi) is 5.05. The number of halogens is 3. The van der Waals surface area contributed by atoms with Crippen LogP contribution in [0, 0.1) is 0 Å². The van der Waals surface area contributed by atoms with Crippen LogP contribution in [0.15, 0.2) is 0 Å². The highest BCUT2D eigenvalue weighted by molar-refractivity contribution is 4.84. The van der Waals surface area contributed by atoms with Crippen molar-refractivity contribution in [3.63, 3.8) is 0 Å². The van der Waals surface area contributed by atoms with Gasteiger partial charge in [0.2, 0.25) is 0 Å². The Morgan fingerprint density at radius 3 is 2.06 bits per heavy atom. The summed E-state index contributed by atoms with van der Waals surface area (Å²) >= 11 is 0. The van der Waals surface area contributed by atoms with Gasteiger partial charge in [-0.05, 0) is 12.8 Å². The summed E-state index contributed by atoms with van der Waals surface area (Å²) < 4.78 is 41.5. The Hall–Kier alpha value is -0.290. The molecule has 1 aliphatic rings. The summed E-state index contributed by atoms with van der Waals surface area (Å²) in [6, 6.07) is 0. The standard InChI is InChI=1S/C11H20F3NO/c12-11(13,14)7-8-16-10(9-15)5-3-1-2-4-6-10/h1-9,15H2. The molecule has 2 nitrogen and oxygen atoms in total. The summed E-state index contributed by atoms with van der Waals surface area (Å²) in [7, 11) is 0. The fourth-order valence-corrected chi connectivity index (χ4v) is 2.16. The van der Waals surface area contributed by atoms with Crippen molar-refractivity contribution in [2.24, 2.45) is 5.73 Å². The molecule has 0 radical (unpaired) electrons. The first-order chi connectivity index (χ1) is 7.47. The lowest BCUT2D eigenvalue weighted by Gasteiger charge is -2.31. The van der Waals surface area contributed by atoms with Crippen LogP contribution in [0.2, 0.25) is 0 Å². The second-order valence-electron chi connectivity index (χ2n) is 4.51. The lowest BCUT2D eigenvalue weighted by molar-refractivity contribution is -0.159. The largest absolute Gasteiger partial charge is 0.391 e. The first kappa shape index (κ1) is 13.8. The van der Waals surface area contributed by atoms with Crippen molar-refractivity contribution in [2.45, 2.75) is 56.7 Å². The van der Waals surface area contributed by atoms with E-state index in [4.69, 9.17) is 10.5 Å². The molecular weight excluding hydrogens is 219 g/mol. The van der Waals surface area contributed by atoms with Gasteiger partial charge in [0.15, 0.2) is 0 Å². The molecule has 0 atom stereocenters. The minimum absolute atomic E-state index is 0.263. The minimum atomic E-state index is -4.14. The van der Waals surface area contributed by atoms with Gasteiger partial charge in [-0.1, -0.05) is 25.7 Å². The zero-order valence-corrected chi connectivity index (χ0v) is 9.48. The predicted molar refractivity (Wildman–Crippen MR) is 56.1 cm³/mol. The molecular formula is C11H20F3NO. The van der Waals surface area contributed by atoms with E-state index in [-0.39, 0.29) is 6.61 Å². The van der Waals surface area contributed by atoms with Crippen molar-refractivity contribution in [1.82, 2.24) is 0 Å². The summed E-state index contributed by atoms with van der Waals surface area (Å²) in [5.74, 6) is 0. The van der Waals surface area contributed by atoms with Crippen LogP contribution < -0.4 is 5.73 Å². The van der Waals surface area contributed by atoms with Gasteiger partial charge in [-0.2, -0.15) is 13.2 Å². The second kappa shape index (κ2) is 5.87. The lowest BCUT2D eigenvalue weighted by Crippen LogP contribution is -2.41. The highest BCUT2D eigenvalue weighted by atomic mass is 19.4. The molecule has 96 valence electrons. The van der Waals surface area contributed by atoms with E-state index in [1.54, 1.807) is 0 Å². The first-order valence-electron chi connectivity index (χ1n) is 5.88. The van der Waals surface area contributed by atoms with E-state index in [9.17, 15) is 13.2 Å². The summed E-state index contributed by atoms with van der Waals surface area (Å²) in [6.07, 6.45) is 0.833. The maximum absolute atomic E-state index is 12.0. The number of hydrogen-bond donors (Lipinski definition) is 1. The molecule has 0 bridgehead atoms. The summed E-state index contributed by atoms with van der Waals surface area (Å²) in [5, 5.41) is 0. The molecule has 0 heterocycles. The highest BCUT2D eigenvalue weighted by Gasteiger charge is 2.33. The van der Waals surface area contributed by atoms with Crippen molar-refractivity contribution in [2.75, 3.05) is 13.2 Å². The number of hydrogen-bond acceptors (Lipinski definition) is 2. The average Bonchev–Trinajstić information content (AvgIpc) is 2.42. The van der Waals surface area contributed by atoms with Gasteiger partial charge in [-0.15, -0.1) is 0 Å². The van der Waals surface area contributed by atoms with Crippen molar-refractivity contribution in [1.29, 1.82) is 0 Å². The molecule has 0 spiro atoms. The second-order valence-corrected chi connectivity index (χ2v) is 4.51. The fraction of sp³-hybridized carbons (Fsp3) is 1.00. The van der Waals surface area contributed by atoms with Gasteiger partial charge in [-0.3, -0.25) is 0 Å². The predicted octanol–water partition coefficient (Wildman–Crippen LogP) is 3.01. The van der Waals surface area contributed by atoms with Crippen molar-refractivity contribution in [3.8, 4) is 0 Å². The average molecular weight is 239 g/mol. The van der Waals surface area contributed by atoms with Crippen molar-refractivity contribution in [3.05, 3.63) is 0 Å². The molecule has 0 aliphatic heterocycles. The van der Waals surface area contributed by atoms with Crippen molar-refractivity contribution < 1.29 is 17.9 Å². The van der Waals surface area contributed by atoms with Crippen LogP contribution >= 0.6 is 0 Å². The van der Waals surface area contributed by atoms with Gasteiger partial charge in [0, 0.05) is 6.54 Å². The maximum atomic E-state index is 12.0. The number of nitrogens with two attached hydrogens (primary N) is 1. The van der Waals surface area contributed by atoms with E-state index < -0.39 is 18.2 Å². The molecule has 1 rings (SSSR count). The van der Waals surface area contributed by atoms with Crippen LogP contribution in [-0.4, -0.2) is 24.9 Å². The van der Waals surface area contributed by atoms with Crippen LogP contribution in [0.5, 0.6) is 0 Å². The normalized spacial score (nSPS) is 21.8. The van der Waals surface area contributed by atoms with Gasteiger partial charge in [0.05, 0.1) is 18.6 Å². The topological polar surface area (TPSA) is 35.2 Å². The van der Waals surface area contributed by atoms with E-state index >= 15 is 0 Å². The molecule has 0 unspecified atom stereocenters. The third-order valence-electron chi connectivity index (χ3n) is 3.18. The highest BCUT2D eigenvalue weighted by Crippen LogP contribution is 2.30. The number of rotatable bonds is 4. The Morgan fingerprint density at radius 2 is 1.62 bits per heavy atom. The van der Waals surface area contributed by atoms with E-state index in [0.717, 1.165) is 38.5 Å². The minimum Gasteiger partial charge on any atom is -0.373 e. The van der Waals surface area contributed by atoms with Crippen molar-refractivity contribution >= 4 is 0 Å².